The highest BCUT2D eigenvalue weighted by atomic mass is 16.4. The van der Waals surface area contributed by atoms with Crippen LogP contribution in [0.1, 0.15) is 18.4 Å². The number of likely N-dealkylation sites (tertiary alicyclic amines) is 1. The number of rotatable bonds is 3. The molecule has 0 bridgehead atoms. The van der Waals surface area contributed by atoms with Crippen LogP contribution >= 0.6 is 0 Å². The molecule has 2 saturated heterocycles. The summed E-state index contributed by atoms with van der Waals surface area (Å²) in [5.74, 6) is 0.526. The standard InChI is InChI=1S/C18H28N2O3/c1-13-5-2-3-7-15(13)20-8-4-6-14(10-20)9-19-11-16(21)18(23)17(22)12-19/h2-3,5,7,14,16-18,21-23H,4,6,8-12H2,1H3/t14-,16?,17?,18?/m1/s1. The van der Waals surface area contributed by atoms with Gasteiger partial charge in [-0.25, -0.2) is 0 Å². The van der Waals surface area contributed by atoms with E-state index in [1.807, 2.05) is 0 Å². The molecule has 23 heavy (non-hydrogen) atoms. The molecule has 0 amide bonds. The first kappa shape index (κ1) is 16.7. The first-order valence-corrected chi connectivity index (χ1v) is 8.61. The monoisotopic (exact) mass is 320 g/mol. The van der Waals surface area contributed by atoms with Crippen molar-refractivity contribution in [3.63, 3.8) is 0 Å². The molecule has 0 spiro atoms. The van der Waals surface area contributed by atoms with Gasteiger partial charge in [0.2, 0.25) is 0 Å². The van der Waals surface area contributed by atoms with Crippen LogP contribution in [-0.4, -0.2) is 71.3 Å². The third-order valence-electron chi connectivity index (χ3n) is 5.17. The van der Waals surface area contributed by atoms with Crippen LogP contribution in [0.15, 0.2) is 24.3 Å². The Morgan fingerprint density at radius 3 is 2.43 bits per heavy atom. The summed E-state index contributed by atoms with van der Waals surface area (Å²) in [6, 6.07) is 8.49. The molecule has 0 aromatic heterocycles. The Balaban J connectivity index is 1.60. The van der Waals surface area contributed by atoms with Crippen LogP contribution in [0, 0.1) is 12.8 Å². The van der Waals surface area contributed by atoms with Crippen molar-refractivity contribution < 1.29 is 15.3 Å². The highest BCUT2D eigenvalue weighted by Gasteiger charge is 2.34. The first-order chi connectivity index (χ1) is 11.0. The van der Waals surface area contributed by atoms with Crippen LogP contribution in [0.5, 0.6) is 0 Å². The second kappa shape index (κ2) is 7.18. The Labute approximate surface area is 138 Å². The lowest BCUT2D eigenvalue weighted by molar-refractivity contribution is -0.112. The van der Waals surface area contributed by atoms with Crippen LogP contribution in [0.2, 0.25) is 0 Å². The lowest BCUT2D eigenvalue weighted by Gasteiger charge is -2.41. The number of aryl methyl sites for hydroxylation is 1. The van der Waals surface area contributed by atoms with E-state index in [4.69, 9.17) is 0 Å². The number of piperidine rings is 2. The lowest BCUT2D eigenvalue weighted by Crippen LogP contribution is -2.56. The summed E-state index contributed by atoms with van der Waals surface area (Å²) < 4.78 is 0. The van der Waals surface area contributed by atoms with E-state index in [2.05, 4.69) is 41.0 Å². The van der Waals surface area contributed by atoms with Crippen molar-refractivity contribution in [3.8, 4) is 0 Å². The molecule has 2 unspecified atom stereocenters. The third-order valence-corrected chi connectivity index (χ3v) is 5.17. The van der Waals surface area contributed by atoms with Gasteiger partial charge >= 0.3 is 0 Å². The summed E-state index contributed by atoms with van der Waals surface area (Å²) in [5, 5.41) is 29.4. The van der Waals surface area contributed by atoms with E-state index in [9.17, 15) is 15.3 Å². The van der Waals surface area contributed by atoms with E-state index < -0.39 is 18.3 Å². The molecule has 2 heterocycles. The van der Waals surface area contributed by atoms with Gasteiger partial charge in [0.15, 0.2) is 0 Å². The van der Waals surface area contributed by atoms with E-state index in [0.717, 1.165) is 19.6 Å². The molecule has 2 aliphatic heterocycles. The van der Waals surface area contributed by atoms with Crippen molar-refractivity contribution in [2.45, 2.75) is 38.1 Å². The summed E-state index contributed by atoms with van der Waals surface area (Å²) in [7, 11) is 0. The molecule has 2 aliphatic rings. The molecular formula is C18H28N2O3. The van der Waals surface area contributed by atoms with Gasteiger partial charge in [-0.05, 0) is 37.3 Å². The normalized spacial score (nSPS) is 33.0. The summed E-state index contributed by atoms with van der Waals surface area (Å²) in [6.07, 6.45) is -0.375. The maximum Gasteiger partial charge on any atom is 0.108 e. The summed E-state index contributed by atoms with van der Waals surface area (Å²) in [5.41, 5.74) is 2.62. The van der Waals surface area contributed by atoms with Crippen LogP contribution in [0.4, 0.5) is 5.69 Å². The van der Waals surface area contributed by atoms with Crippen molar-refractivity contribution in [3.05, 3.63) is 29.8 Å². The van der Waals surface area contributed by atoms with Gasteiger partial charge in [-0.2, -0.15) is 0 Å². The number of anilines is 1. The summed E-state index contributed by atoms with van der Waals surface area (Å²) in [6.45, 7) is 6.00. The lowest BCUT2D eigenvalue weighted by atomic mass is 9.94. The molecule has 5 heteroatoms. The highest BCUT2D eigenvalue weighted by molar-refractivity contribution is 5.53. The molecule has 5 nitrogen and oxygen atoms in total. The number of aliphatic hydroxyl groups excluding tert-OH is 3. The van der Waals surface area contributed by atoms with Gasteiger partial charge in [0.1, 0.15) is 6.10 Å². The average Bonchev–Trinajstić information content (AvgIpc) is 2.53. The van der Waals surface area contributed by atoms with Crippen molar-refractivity contribution in [2.75, 3.05) is 37.6 Å². The Morgan fingerprint density at radius 2 is 1.74 bits per heavy atom. The van der Waals surface area contributed by atoms with Crippen molar-refractivity contribution in [1.82, 2.24) is 4.90 Å². The van der Waals surface area contributed by atoms with Gasteiger partial charge in [0, 0.05) is 38.4 Å². The van der Waals surface area contributed by atoms with Gasteiger partial charge in [-0.3, -0.25) is 4.90 Å². The molecule has 1 aromatic carbocycles. The number of nitrogens with zero attached hydrogens (tertiary/aromatic N) is 2. The van der Waals surface area contributed by atoms with E-state index in [-0.39, 0.29) is 0 Å². The van der Waals surface area contributed by atoms with Crippen LogP contribution in [0.3, 0.4) is 0 Å². The Hall–Kier alpha value is -1.14. The molecule has 0 saturated carbocycles. The van der Waals surface area contributed by atoms with E-state index in [1.54, 1.807) is 0 Å². The minimum absolute atomic E-state index is 0.444. The molecule has 3 rings (SSSR count). The Kier molecular flexibility index (Phi) is 5.21. The first-order valence-electron chi connectivity index (χ1n) is 8.61. The van der Waals surface area contributed by atoms with Crippen LogP contribution in [0.25, 0.3) is 0 Å². The molecule has 1 aromatic rings. The molecule has 128 valence electrons. The quantitative estimate of drug-likeness (QED) is 0.761. The molecular weight excluding hydrogens is 292 g/mol. The maximum atomic E-state index is 9.85. The van der Waals surface area contributed by atoms with Gasteiger partial charge in [-0.1, -0.05) is 18.2 Å². The van der Waals surface area contributed by atoms with Crippen LogP contribution < -0.4 is 4.90 Å². The van der Waals surface area contributed by atoms with E-state index >= 15 is 0 Å². The fourth-order valence-corrected chi connectivity index (χ4v) is 3.94. The van der Waals surface area contributed by atoms with E-state index in [1.165, 1.54) is 24.1 Å². The number of aliphatic hydroxyl groups is 3. The third kappa shape index (κ3) is 3.86. The smallest absolute Gasteiger partial charge is 0.108 e. The minimum Gasteiger partial charge on any atom is -0.389 e. The number of hydrogen-bond donors (Lipinski definition) is 3. The van der Waals surface area contributed by atoms with Gasteiger partial charge in [0.05, 0.1) is 12.2 Å². The summed E-state index contributed by atoms with van der Waals surface area (Å²) in [4.78, 5) is 4.54. The predicted molar refractivity (Wildman–Crippen MR) is 90.6 cm³/mol. The van der Waals surface area contributed by atoms with Gasteiger partial charge in [0.25, 0.3) is 0 Å². The molecule has 0 aliphatic carbocycles. The van der Waals surface area contributed by atoms with Crippen molar-refractivity contribution in [2.24, 2.45) is 5.92 Å². The van der Waals surface area contributed by atoms with Crippen molar-refractivity contribution >= 4 is 5.69 Å². The molecule has 3 atom stereocenters. The number of para-hydroxylation sites is 1. The molecule has 0 radical (unpaired) electrons. The highest BCUT2D eigenvalue weighted by Crippen LogP contribution is 2.27. The Morgan fingerprint density at radius 1 is 1.04 bits per heavy atom. The SMILES string of the molecule is Cc1ccccc1N1CCC[C@H](CN2CC(O)C(O)C(O)C2)C1. The predicted octanol–water partition coefficient (Wildman–Crippen LogP) is 0.610. The zero-order valence-corrected chi connectivity index (χ0v) is 13.8. The second-order valence-electron chi connectivity index (χ2n) is 7.08. The van der Waals surface area contributed by atoms with Crippen molar-refractivity contribution in [1.29, 1.82) is 0 Å². The zero-order chi connectivity index (χ0) is 16.4. The zero-order valence-electron chi connectivity index (χ0n) is 13.8. The summed E-state index contributed by atoms with van der Waals surface area (Å²) >= 11 is 0. The van der Waals surface area contributed by atoms with Gasteiger partial charge in [-0.15, -0.1) is 0 Å². The minimum atomic E-state index is -1.01. The Bertz CT molecular complexity index is 513. The molecule has 2 fully saturated rings. The molecule has 3 N–H and O–H groups in total. The maximum absolute atomic E-state index is 9.85. The number of hydrogen-bond acceptors (Lipinski definition) is 5. The fraction of sp³-hybridized carbons (Fsp3) is 0.667. The second-order valence-corrected chi connectivity index (χ2v) is 7.08. The van der Waals surface area contributed by atoms with Gasteiger partial charge < -0.3 is 20.2 Å². The number of β-amino-alcohol motifs (C(OH)–C–C–N with tert-alkyl or cyclic N) is 2. The topological polar surface area (TPSA) is 67.2 Å². The average molecular weight is 320 g/mol. The number of benzene rings is 1. The van der Waals surface area contributed by atoms with Crippen LogP contribution in [-0.2, 0) is 0 Å². The fourth-order valence-electron chi connectivity index (χ4n) is 3.94. The van der Waals surface area contributed by atoms with E-state index in [0.29, 0.717) is 19.0 Å². The largest absolute Gasteiger partial charge is 0.389 e.